The van der Waals surface area contributed by atoms with E-state index in [1.54, 1.807) is 6.08 Å². The van der Waals surface area contributed by atoms with E-state index in [0.29, 0.717) is 15.8 Å². The SMILES string of the molecule is O=C1/C(=C\C=C\c2ccccc2)SC(=S)N1CCC(=O)N1CCCc2ccccc21. The second-order valence-electron chi connectivity index (χ2n) is 7.15. The van der Waals surface area contributed by atoms with E-state index in [1.807, 2.05) is 65.6 Å². The van der Waals surface area contributed by atoms with Gasteiger partial charge in [0.25, 0.3) is 5.91 Å². The highest BCUT2D eigenvalue weighted by molar-refractivity contribution is 8.26. The van der Waals surface area contributed by atoms with E-state index in [2.05, 4.69) is 6.07 Å². The highest BCUT2D eigenvalue weighted by Gasteiger charge is 2.32. The molecule has 0 atom stereocenters. The van der Waals surface area contributed by atoms with Crippen LogP contribution in [0.25, 0.3) is 6.08 Å². The minimum Gasteiger partial charge on any atom is -0.312 e. The van der Waals surface area contributed by atoms with E-state index >= 15 is 0 Å². The summed E-state index contributed by atoms with van der Waals surface area (Å²) in [6, 6.07) is 17.9. The summed E-state index contributed by atoms with van der Waals surface area (Å²) in [6.45, 7) is 1.03. The van der Waals surface area contributed by atoms with Gasteiger partial charge in [-0.1, -0.05) is 84.7 Å². The maximum atomic E-state index is 12.9. The number of hydrogen-bond donors (Lipinski definition) is 0. The Balaban J connectivity index is 1.38. The van der Waals surface area contributed by atoms with Crippen molar-refractivity contribution in [2.24, 2.45) is 0 Å². The van der Waals surface area contributed by atoms with Gasteiger partial charge in [0.2, 0.25) is 5.91 Å². The molecule has 0 radical (unpaired) electrons. The van der Waals surface area contributed by atoms with Crippen LogP contribution in [0.2, 0.25) is 0 Å². The number of rotatable bonds is 5. The van der Waals surface area contributed by atoms with Crippen molar-refractivity contribution in [3.8, 4) is 0 Å². The molecule has 6 heteroatoms. The summed E-state index contributed by atoms with van der Waals surface area (Å²) in [5.74, 6) is -0.0984. The second-order valence-corrected chi connectivity index (χ2v) is 8.83. The third kappa shape index (κ3) is 4.55. The number of anilines is 1. The van der Waals surface area contributed by atoms with Crippen molar-refractivity contribution in [2.75, 3.05) is 18.0 Å². The summed E-state index contributed by atoms with van der Waals surface area (Å²) in [7, 11) is 0. The van der Waals surface area contributed by atoms with Crippen LogP contribution in [-0.4, -0.2) is 34.1 Å². The average Bonchev–Trinajstić information content (AvgIpc) is 3.05. The Labute approximate surface area is 186 Å². The molecule has 0 aliphatic carbocycles. The van der Waals surface area contributed by atoms with E-state index in [9.17, 15) is 9.59 Å². The molecule has 2 aliphatic heterocycles. The van der Waals surface area contributed by atoms with Gasteiger partial charge in [0.05, 0.1) is 4.91 Å². The largest absolute Gasteiger partial charge is 0.312 e. The van der Waals surface area contributed by atoms with Crippen molar-refractivity contribution in [3.05, 3.63) is 82.8 Å². The number of benzene rings is 2. The first-order valence-electron chi connectivity index (χ1n) is 9.99. The van der Waals surface area contributed by atoms with Crippen molar-refractivity contribution >= 4 is 51.9 Å². The molecule has 2 aliphatic rings. The summed E-state index contributed by atoms with van der Waals surface area (Å²) >= 11 is 6.67. The number of thiocarbonyl (C=S) groups is 1. The number of allylic oxidation sites excluding steroid dienone is 2. The molecular formula is C24H22N2O2S2. The maximum Gasteiger partial charge on any atom is 0.266 e. The summed E-state index contributed by atoms with van der Waals surface area (Å²) in [4.78, 5) is 29.6. The van der Waals surface area contributed by atoms with Gasteiger partial charge in [0.1, 0.15) is 4.32 Å². The van der Waals surface area contributed by atoms with E-state index in [-0.39, 0.29) is 18.2 Å². The van der Waals surface area contributed by atoms with E-state index < -0.39 is 0 Å². The Morgan fingerprint density at radius 1 is 1.10 bits per heavy atom. The van der Waals surface area contributed by atoms with Gasteiger partial charge in [-0.2, -0.15) is 0 Å². The van der Waals surface area contributed by atoms with Crippen LogP contribution in [-0.2, 0) is 16.0 Å². The fourth-order valence-corrected chi connectivity index (χ4v) is 4.91. The van der Waals surface area contributed by atoms with Gasteiger partial charge in [-0.25, -0.2) is 0 Å². The molecule has 0 spiro atoms. The lowest BCUT2D eigenvalue weighted by Crippen LogP contribution is -2.38. The van der Waals surface area contributed by atoms with Crippen LogP contribution in [0.4, 0.5) is 5.69 Å². The number of aryl methyl sites for hydroxylation is 1. The number of nitrogens with zero attached hydrogens (tertiary/aromatic N) is 2. The smallest absolute Gasteiger partial charge is 0.266 e. The van der Waals surface area contributed by atoms with Crippen molar-refractivity contribution in [1.82, 2.24) is 4.90 Å². The molecule has 1 saturated heterocycles. The molecule has 0 aromatic heterocycles. The summed E-state index contributed by atoms with van der Waals surface area (Å²) in [5, 5.41) is 0. The first kappa shape index (κ1) is 20.6. The Morgan fingerprint density at radius 3 is 2.70 bits per heavy atom. The Bertz CT molecular complexity index is 1030. The summed E-state index contributed by atoms with van der Waals surface area (Å²) in [6.07, 6.45) is 7.81. The number of fused-ring (bicyclic) bond motifs is 1. The van der Waals surface area contributed by atoms with Crippen molar-refractivity contribution < 1.29 is 9.59 Å². The fourth-order valence-electron chi connectivity index (χ4n) is 3.65. The molecule has 0 unspecified atom stereocenters. The molecule has 4 rings (SSSR count). The molecule has 0 bridgehead atoms. The Kier molecular flexibility index (Phi) is 6.45. The lowest BCUT2D eigenvalue weighted by atomic mass is 10.0. The Morgan fingerprint density at radius 2 is 1.87 bits per heavy atom. The van der Waals surface area contributed by atoms with Gasteiger partial charge < -0.3 is 4.90 Å². The number of hydrogen-bond acceptors (Lipinski definition) is 4. The standard InChI is InChI=1S/C24H22N2O2S2/c27-22(25-16-7-12-19-11-4-5-13-20(19)25)15-17-26-23(28)21(30-24(26)29)14-6-10-18-8-2-1-3-9-18/h1-6,8-11,13-14H,7,12,15-17H2/b10-6+,21-14+. The molecule has 1 fully saturated rings. The molecular weight excluding hydrogens is 412 g/mol. The molecule has 0 saturated carbocycles. The zero-order valence-electron chi connectivity index (χ0n) is 16.5. The Hall–Kier alpha value is -2.70. The van der Waals surface area contributed by atoms with E-state index in [1.165, 1.54) is 22.2 Å². The third-order valence-electron chi connectivity index (χ3n) is 5.17. The highest BCUT2D eigenvalue weighted by Crippen LogP contribution is 2.32. The number of thioether (sulfide) groups is 1. The van der Waals surface area contributed by atoms with E-state index in [0.717, 1.165) is 30.6 Å². The van der Waals surface area contributed by atoms with E-state index in [4.69, 9.17) is 12.2 Å². The summed E-state index contributed by atoms with van der Waals surface area (Å²) < 4.78 is 0.506. The third-order valence-corrected chi connectivity index (χ3v) is 6.57. The van der Waals surface area contributed by atoms with Gasteiger partial charge in [0, 0.05) is 25.2 Å². The molecule has 2 aromatic rings. The number of amides is 2. The number of para-hydroxylation sites is 1. The molecule has 2 aromatic carbocycles. The van der Waals surface area contributed by atoms with Gasteiger partial charge in [0.15, 0.2) is 0 Å². The normalized spacial score (nSPS) is 17.8. The lowest BCUT2D eigenvalue weighted by molar-refractivity contribution is -0.123. The zero-order chi connectivity index (χ0) is 20.9. The van der Waals surface area contributed by atoms with Crippen LogP contribution in [0.3, 0.4) is 0 Å². The predicted molar refractivity (Wildman–Crippen MR) is 127 cm³/mol. The number of carbonyl (C=O) groups is 2. The van der Waals surface area contributed by atoms with Crippen LogP contribution in [0.15, 0.2) is 71.7 Å². The van der Waals surface area contributed by atoms with Gasteiger partial charge >= 0.3 is 0 Å². The monoisotopic (exact) mass is 434 g/mol. The van der Waals surface area contributed by atoms with Crippen LogP contribution < -0.4 is 4.90 Å². The predicted octanol–water partition coefficient (Wildman–Crippen LogP) is 4.81. The molecule has 0 N–H and O–H groups in total. The molecule has 4 nitrogen and oxygen atoms in total. The van der Waals surface area contributed by atoms with Crippen LogP contribution in [0.1, 0.15) is 24.0 Å². The van der Waals surface area contributed by atoms with Crippen LogP contribution >= 0.6 is 24.0 Å². The molecule has 2 amide bonds. The van der Waals surface area contributed by atoms with Gasteiger partial charge in [-0.3, -0.25) is 14.5 Å². The minimum atomic E-state index is -0.130. The zero-order valence-corrected chi connectivity index (χ0v) is 18.1. The quantitative estimate of drug-likeness (QED) is 0.500. The maximum absolute atomic E-state index is 12.9. The van der Waals surface area contributed by atoms with Crippen LogP contribution in [0, 0.1) is 0 Å². The minimum absolute atomic E-state index is 0.0316. The topological polar surface area (TPSA) is 40.6 Å². The van der Waals surface area contributed by atoms with Crippen molar-refractivity contribution in [3.63, 3.8) is 0 Å². The first-order chi connectivity index (χ1) is 14.6. The molecule has 152 valence electrons. The van der Waals surface area contributed by atoms with Crippen molar-refractivity contribution in [1.29, 1.82) is 0 Å². The van der Waals surface area contributed by atoms with Gasteiger partial charge in [-0.05, 0) is 36.1 Å². The second kappa shape index (κ2) is 9.41. The fraction of sp³-hybridized carbons (Fsp3) is 0.208. The molecule has 2 heterocycles. The average molecular weight is 435 g/mol. The molecule has 30 heavy (non-hydrogen) atoms. The van der Waals surface area contributed by atoms with Crippen LogP contribution in [0.5, 0.6) is 0 Å². The first-order valence-corrected chi connectivity index (χ1v) is 11.2. The lowest BCUT2D eigenvalue weighted by Gasteiger charge is -2.30. The highest BCUT2D eigenvalue weighted by atomic mass is 32.2. The van der Waals surface area contributed by atoms with Gasteiger partial charge in [-0.15, -0.1) is 0 Å². The number of carbonyl (C=O) groups excluding carboxylic acids is 2. The van der Waals surface area contributed by atoms with Crippen molar-refractivity contribution in [2.45, 2.75) is 19.3 Å². The summed E-state index contributed by atoms with van der Waals surface area (Å²) in [5.41, 5.74) is 3.26.